The molecule has 1 fully saturated rings. The summed E-state index contributed by atoms with van der Waals surface area (Å²) in [5, 5.41) is 2.97. The second-order valence-corrected chi connectivity index (χ2v) is 7.48. The monoisotopic (exact) mass is 428 g/mol. The van der Waals surface area contributed by atoms with E-state index in [1.165, 1.54) is 38.1 Å². The Bertz CT molecular complexity index is 984. The number of nitrogens with one attached hydrogen (secondary N) is 1. The first-order valence-corrected chi connectivity index (χ1v) is 10.3. The van der Waals surface area contributed by atoms with Crippen LogP contribution >= 0.6 is 0 Å². The summed E-state index contributed by atoms with van der Waals surface area (Å²) in [6.45, 7) is 2.31. The first-order chi connectivity index (χ1) is 15.0. The Balaban J connectivity index is 1.50. The van der Waals surface area contributed by atoms with Gasteiger partial charge in [-0.25, -0.2) is 15.0 Å². The fourth-order valence-corrected chi connectivity index (χ4v) is 3.51. The number of nitrogens with zero attached hydrogens (tertiary/aromatic N) is 5. The zero-order chi connectivity index (χ0) is 21.7. The van der Waals surface area contributed by atoms with E-state index in [1.807, 2.05) is 12.1 Å². The van der Waals surface area contributed by atoms with E-state index in [2.05, 4.69) is 30.2 Å². The van der Waals surface area contributed by atoms with Gasteiger partial charge in [0.05, 0.1) is 0 Å². The van der Waals surface area contributed by atoms with Crippen LogP contribution in [0.1, 0.15) is 36.9 Å². The maximum Gasteiger partial charge on any atom is 0.433 e. The fourth-order valence-electron chi connectivity index (χ4n) is 3.51. The van der Waals surface area contributed by atoms with Crippen LogP contribution in [0.3, 0.4) is 0 Å². The van der Waals surface area contributed by atoms with E-state index in [4.69, 9.17) is 0 Å². The molecule has 0 spiro atoms. The van der Waals surface area contributed by atoms with Crippen LogP contribution in [0.4, 0.5) is 24.8 Å². The van der Waals surface area contributed by atoms with Crippen LogP contribution in [0.2, 0.25) is 0 Å². The van der Waals surface area contributed by atoms with E-state index in [0.29, 0.717) is 12.1 Å². The van der Waals surface area contributed by atoms with E-state index in [1.54, 1.807) is 18.3 Å². The number of pyridine rings is 2. The molecule has 1 N–H and O–H groups in total. The second-order valence-electron chi connectivity index (χ2n) is 7.48. The Hall–Kier alpha value is -3.23. The third kappa shape index (κ3) is 5.48. The molecule has 4 heterocycles. The Morgan fingerprint density at radius 2 is 1.68 bits per heavy atom. The average Bonchev–Trinajstić information content (AvgIpc) is 3.07. The number of aromatic nitrogens is 4. The normalized spacial score (nSPS) is 14.9. The molecule has 3 aromatic heterocycles. The molecule has 0 aromatic carbocycles. The number of anilines is 2. The van der Waals surface area contributed by atoms with Gasteiger partial charge < -0.3 is 10.2 Å². The molecule has 4 rings (SSSR count). The van der Waals surface area contributed by atoms with Gasteiger partial charge in [0.1, 0.15) is 11.6 Å². The third-order valence-electron chi connectivity index (χ3n) is 5.17. The van der Waals surface area contributed by atoms with Crippen molar-refractivity contribution in [2.45, 2.75) is 38.4 Å². The van der Waals surface area contributed by atoms with Gasteiger partial charge in [-0.15, -0.1) is 0 Å². The highest BCUT2D eigenvalue weighted by molar-refractivity contribution is 5.57. The second kappa shape index (κ2) is 9.28. The molecule has 3 aromatic rings. The van der Waals surface area contributed by atoms with Crippen molar-refractivity contribution >= 4 is 11.6 Å². The summed E-state index contributed by atoms with van der Waals surface area (Å²) in [5.74, 6) is 1.03. The minimum atomic E-state index is -4.57. The summed E-state index contributed by atoms with van der Waals surface area (Å²) in [6, 6.07) is 7.97. The van der Waals surface area contributed by atoms with E-state index in [-0.39, 0.29) is 11.6 Å². The van der Waals surface area contributed by atoms with Crippen molar-refractivity contribution in [3.05, 3.63) is 60.2 Å². The molecule has 0 saturated carbocycles. The van der Waals surface area contributed by atoms with E-state index in [0.717, 1.165) is 30.5 Å². The van der Waals surface area contributed by atoms with Crippen molar-refractivity contribution in [1.29, 1.82) is 0 Å². The summed E-state index contributed by atoms with van der Waals surface area (Å²) >= 11 is 0. The Morgan fingerprint density at radius 1 is 0.935 bits per heavy atom. The van der Waals surface area contributed by atoms with Crippen LogP contribution in [-0.4, -0.2) is 33.0 Å². The molecular formula is C22H23F3N6. The summed E-state index contributed by atoms with van der Waals surface area (Å²) in [5.41, 5.74) is 0.329. The fraction of sp³-hybridized carbons (Fsp3) is 0.364. The van der Waals surface area contributed by atoms with Gasteiger partial charge in [0, 0.05) is 49.9 Å². The predicted octanol–water partition coefficient (Wildman–Crippen LogP) is 4.94. The van der Waals surface area contributed by atoms with Crippen molar-refractivity contribution < 1.29 is 13.2 Å². The molecule has 6 nitrogen and oxygen atoms in total. The molecule has 0 amide bonds. The van der Waals surface area contributed by atoms with Gasteiger partial charge >= 0.3 is 6.18 Å². The SMILES string of the molecule is FC(F)(F)c1cc(NCc2ccc(N3CCCCCC3)nc2)nc(-c2ccncc2)n1. The summed E-state index contributed by atoms with van der Waals surface area (Å²) in [6.07, 6.45) is 4.99. The zero-order valence-electron chi connectivity index (χ0n) is 16.9. The number of hydrogen-bond acceptors (Lipinski definition) is 6. The molecule has 0 radical (unpaired) electrons. The van der Waals surface area contributed by atoms with Gasteiger partial charge in [-0.1, -0.05) is 18.9 Å². The Labute approximate surface area is 178 Å². The van der Waals surface area contributed by atoms with Crippen molar-refractivity contribution in [1.82, 2.24) is 19.9 Å². The van der Waals surface area contributed by atoms with Gasteiger partial charge in [0.25, 0.3) is 0 Å². The van der Waals surface area contributed by atoms with Crippen LogP contribution in [-0.2, 0) is 12.7 Å². The Morgan fingerprint density at radius 3 is 2.32 bits per heavy atom. The van der Waals surface area contributed by atoms with Crippen LogP contribution in [0.25, 0.3) is 11.4 Å². The molecule has 31 heavy (non-hydrogen) atoms. The summed E-state index contributed by atoms with van der Waals surface area (Å²) in [7, 11) is 0. The average molecular weight is 428 g/mol. The number of alkyl halides is 3. The van der Waals surface area contributed by atoms with Crippen molar-refractivity contribution in [2.75, 3.05) is 23.3 Å². The highest BCUT2D eigenvalue weighted by Crippen LogP contribution is 2.30. The smallest absolute Gasteiger partial charge is 0.366 e. The standard InChI is InChI=1S/C22H23F3N6/c23-22(24,25)18-13-19(30-21(29-18)17-7-9-26-10-8-17)27-14-16-5-6-20(28-15-16)31-11-3-1-2-4-12-31/h5-10,13,15H,1-4,11-12,14H2,(H,27,29,30). The van der Waals surface area contributed by atoms with E-state index in [9.17, 15) is 13.2 Å². The molecule has 0 unspecified atom stereocenters. The largest absolute Gasteiger partial charge is 0.433 e. The summed E-state index contributed by atoms with van der Waals surface area (Å²) < 4.78 is 40.0. The van der Waals surface area contributed by atoms with E-state index >= 15 is 0 Å². The lowest BCUT2D eigenvalue weighted by atomic mass is 10.2. The molecule has 1 aliphatic rings. The maximum absolute atomic E-state index is 13.3. The number of rotatable bonds is 5. The third-order valence-corrected chi connectivity index (χ3v) is 5.17. The van der Waals surface area contributed by atoms with Gasteiger partial charge in [-0.05, 0) is 36.6 Å². The lowest BCUT2D eigenvalue weighted by molar-refractivity contribution is -0.141. The van der Waals surface area contributed by atoms with Crippen molar-refractivity contribution in [3.8, 4) is 11.4 Å². The zero-order valence-corrected chi connectivity index (χ0v) is 16.9. The minimum absolute atomic E-state index is 0.00522. The first kappa shape index (κ1) is 21.0. The molecule has 0 bridgehead atoms. The molecule has 0 aliphatic carbocycles. The van der Waals surface area contributed by atoms with Gasteiger partial charge in [-0.2, -0.15) is 13.2 Å². The van der Waals surface area contributed by atoms with Gasteiger partial charge in [0.15, 0.2) is 11.5 Å². The van der Waals surface area contributed by atoms with Crippen molar-refractivity contribution in [3.63, 3.8) is 0 Å². The number of halogens is 3. The summed E-state index contributed by atoms with van der Waals surface area (Å²) in [4.78, 5) is 18.6. The molecular weight excluding hydrogens is 405 g/mol. The van der Waals surface area contributed by atoms with Crippen LogP contribution in [0.5, 0.6) is 0 Å². The quantitative estimate of drug-likeness (QED) is 0.621. The molecule has 162 valence electrons. The highest BCUT2D eigenvalue weighted by Gasteiger charge is 2.33. The van der Waals surface area contributed by atoms with Gasteiger partial charge in [-0.3, -0.25) is 4.98 Å². The van der Waals surface area contributed by atoms with Crippen LogP contribution in [0, 0.1) is 0 Å². The van der Waals surface area contributed by atoms with Crippen LogP contribution in [0.15, 0.2) is 48.9 Å². The van der Waals surface area contributed by atoms with Gasteiger partial charge in [0.2, 0.25) is 0 Å². The Kier molecular flexibility index (Phi) is 6.29. The first-order valence-electron chi connectivity index (χ1n) is 10.3. The predicted molar refractivity (Wildman–Crippen MR) is 113 cm³/mol. The molecule has 1 aliphatic heterocycles. The highest BCUT2D eigenvalue weighted by atomic mass is 19.4. The van der Waals surface area contributed by atoms with Crippen molar-refractivity contribution in [2.24, 2.45) is 0 Å². The molecule has 1 saturated heterocycles. The lowest BCUT2D eigenvalue weighted by Gasteiger charge is -2.21. The topological polar surface area (TPSA) is 66.8 Å². The minimum Gasteiger partial charge on any atom is -0.366 e. The number of hydrogen-bond donors (Lipinski definition) is 1. The molecule has 9 heteroatoms. The lowest BCUT2D eigenvalue weighted by Crippen LogP contribution is -2.24. The van der Waals surface area contributed by atoms with Crippen LogP contribution < -0.4 is 10.2 Å². The van der Waals surface area contributed by atoms with E-state index < -0.39 is 11.9 Å². The molecule has 0 atom stereocenters. The maximum atomic E-state index is 13.3.